The quantitative estimate of drug-likeness (QED) is 0.454. The van der Waals surface area contributed by atoms with Gasteiger partial charge in [-0.15, -0.1) is 0 Å². The Morgan fingerprint density at radius 2 is 1.90 bits per heavy atom. The van der Waals surface area contributed by atoms with Gasteiger partial charge in [-0.25, -0.2) is 4.39 Å². The van der Waals surface area contributed by atoms with E-state index in [9.17, 15) is 0 Å². The van der Waals surface area contributed by atoms with Crippen LogP contribution in [0, 0.1) is 23.6 Å². The molecule has 0 amide bonds. The standard InChI is InChI=1S/C27H39FO/c1-3-5-15-29-24-12-10-20-17-23(9-8-21(20)18-24)26-14-11-22-16-19(6-4-2)7-13-25(22)27(26)28/h3,5,11,14,19-21,23-24H,4,6-10,12-13,15-18H2,1-2H3/b5-3+. The molecule has 3 aliphatic rings. The van der Waals surface area contributed by atoms with Gasteiger partial charge in [0.15, 0.2) is 0 Å². The molecule has 2 fully saturated rings. The summed E-state index contributed by atoms with van der Waals surface area (Å²) in [5.74, 6) is 2.89. The number of hydrogen-bond acceptors (Lipinski definition) is 1. The Bertz CT molecular complexity index is 709. The summed E-state index contributed by atoms with van der Waals surface area (Å²) in [6, 6.07) is 4.42. The van der Waals surface area contributed by atoms with E-state index in [1.165, 1.54) is 56.9 Å². The lowest BCUT2D eigenvalue weighted by Gasteiger charge is -2.42. The first-order valence-corrected chi connectivity index (χ1v) is 12.2. The van der Waals surface area contributed by atoms with E-state index in [0.29, 0.717) is 12.0 Å². The maximum Gasteiger partial charge on any atom is 0.130 e. The van der Waals surface area contributed by atoms with Crippen molar-refractivity contribution in [3.05, 3.63) is 46.8 Å². The molecule has 0 bridgehead atoms. The van der Waals surface area contributed by atoms with Crippen LogP contribution in [-0.2, 0) is 17.6 Å². The second kappa shape index (κ2) is 9.77. The first kappa shape index (κ1) is 21.1. The van der Waals surface area contributed by atoms with E-state index in [1.54, 1.807) is 0 Å². The smallest absolute Gasteiger partial charge is 0.130 e. The summed E-state index contributed by atoms with van der Waals surface area (Å²) in [6.45, 7) is 5.06. The third-order valence-corrected chi connectivity index (χ3v) is 8.05. The predicted molar refractivity (Wildman–Crippen MR) is 119 cm³/mol. The highest BCUT2D eigenvalue weighted by molar-refractivity contribution is 5.38. The van der Waals surface area contributed by atoms with Crippen LogP contribution < -0.4 is 0 Å². The van der Waals surface area contributed by atoms with Crippen LogP contribution in [0.3, 0.4) is 0 Å². The molecule has 5 unspecified atom stereocenters. The van der Waals surface area contributed by atoms with Crippen LogP contribution >= 0.6 is 0 Å². The van der Waals surface area contributed by atoms with Gasteiger partial charge in [-0.1, -0.05) is 44.1 Å². The fourth-order valence-electron chi connectivity index (χ4n) is 6.44. The minimum absolute atomic E-state index is 0.157. The van der Waals surface area contributed by atoms with E-state index in [0.717, 1.165) is 54.7 Å². The summed E-state index contributed by atoms with van der Waals surface area (Å²) < 4.78 is 21.5. The van der Waals surface area contributed by atoms with Crippen LogP contribution in [0.2, 0.25) is 0 Å². The van der Waals surface area contributed by atoms with E-state index < -0.39 is 0 Å². The minimum Gasteiger partial charge on any atom is -0.374 e. The molecule has 5 atom stereocenters. The zero-order chi connectivity index (χ0) is 20.2. The molecular weight excluding hydrogens is 359 g/mol. The Labute approximate surface area is 177 Å². The maximum atomic E-state index is 15.5. The molecule has 4 rings (SSSR count). The molecule has 0 N–H and O–H groups in total. The van der Waals surface area contributed by atoms with Crippen LogP contribution in [-0.4, -0.2) is 12.7 Å². The molecule has 29 heavy (non-hydrogen) atoms. The minimum atomic E-state index is 0.157. The second-order valence-electron chi connectivity index (χ2n) is 9.87. The second-order valence-corrected chi connectivity index (χ2v) is 9.87. The molecule has 0 saturated heterocycles. The lowest BCUT2D eigenvalue weighted by Crippen LogP contribution is -2.34. The average molecular weight is 399 g/mol. The number of ether oxygens (including phenoxy) is 1. The van der Waals surface area contributed by atoms with Gasteiger partial charge in [0.25, 0.3) is 0 Å². The van der Waals surface area contributed by atoms with Gasteiger partial charge in [0.1, 0.15) is 5.82 Å². The Kier molecular flexibility index (Phi) is 7.11. The molecule has 3 aliphatic carbocycles. The third-order valence-electron chi connectivity index (χ3n) is 8.05. The summed E-state index contributed by atoms with van der Waals surface area (Å²) >= 11 is 0. The molecule has 1 nitrogen and oxygen atoms in total. The van der Waals surface area contributed by atoms with Gasteiger partial charge >= 0.3 is 0 Å². The zero-order valence-electron chi connectivity index (χ0n) is 18.5. The van der Waals surface area contributed by atoms with Gasteiger partial charge in [-0.2, -0.15) is 0 Å². The summed E-state index contributed by atoms with van der Waals surface area (Å²) in [7, 11) is 0. The molecule has 0 radical (unpaired) electrons. The van der Waals surface area contributed by atoms with Crippen LogP contribution in [0.25, 0.3) is 0 Å². The van der Waals surface area contributed by atoms with Crippen LogP contribution in [0.15, 0.2) is 24.3 Å². The van der Waals surface area contributed by atoms with E-state index in [4.69, 9.17) is 4.74 Å². The van der Waals surface area contributed by atoms with E-state index >= 15 is 4.39 Å². The number of hydrogen-bond donors (Lipinski definition) is 0. The Balaban J connectivity index is 1.39. The van der Waals surface area contributed by atoms with Gasteiger partial charge in [-0.05, 0) is 105 Å². The molecule has 0 aromatic heterocycles. The summed E-state index contributed by atoms with van der Waals surface area (Å²) in [6.07, 6.45) is 17.6. The summed E-state index contributed by atoms with van der Waals surface area (Å²) in [5, 5.41) is 0. The topological polar surface area (TPSA) is 9.23 Å². The molecule has 160 valence electrons. The molecule has 0 heterocycles. The van der Waals surface area contributed by atoms with Gasteiger partial charge in [0, 0.05) is 0 Å². The van der Waals surface area contributed by atoms with E-state index in [-0.39, 0.29) is 5.82 Å². The Hall–Kier alpha value is -1.15. The first-order valence-electron chi connectivity index (χ1n) is 12.2. The van der Waals surface area contributed by atoms with Gasteiger partial charge in [-0.3, -0.25) is 0 Å². The Morgan fingerprint density at radius 1 is 1.07 bits per heavy atom. The SMILES string of the molecule is C/C=C/COC1CCC2CC(c3ccc4c(c3F)CCC(CCC)C4)CCC2C1. The molecule has 0 spiro atoms. The van der Waals surface area contributed by atoms with Crippen LogP contribution in [0.5, 0.6) is 0 Å². The lowest BCUT2D eigenvalue weighted by atomic mass is 9.65. The van der Waals surface area contributed by atoms with Gasteiger partial charge in [0.05, 0.1) is 12.7 Å². The molecule has 2 heteroatoms. The molecule has 1 aromatic carbocycles. The van der Waals surface area contributed by atoms with Crippen molar-refractivity contribution in [1.29, 1.82) is 0 Å². The predicted octanol–water partition coefficient (Wildman–Crippen LogP) is 7.38. The van der Waals surface area contributed by atoms with E-state index in [1.807, 2.05) is 6.92 Å². The fraction of sp³-hybridized carbons (Fsp3) is 0.704. The van der Waals surface area contributed by atoms with Crippen molar-refractivity contribution in [3.8, 4) is 0 Å². The van der Waals surface area contributed by atoms with E-state index in [2.05, 4.69) is 31.2 Å². The molecule has 0 aliphatic heterocycles. The van der Waals surface area contributed by atoms with Gasteiger partial charge in [0.2, 0.25) is 0 Å². The molecular formula is C27H39FO. The highest BCUT2D eigenvalue weighted by atomic mass is 19.1. The first-order chi connectivity index (χ1) is 14.2. The Morgan fingerprint density at radius 3 is 2.72 bits per heavy atom. The zero-order valence-corrected chi connectivity index (χ0v) is 18.5. The third kappa shape index (κ3) is 4.79. The molecule has 1 aromatic rings. The molecule has 2 saturated carbocycles. The monoisotopic (exact) mass is 398 g/mol. The average Bonchev–Trinajstić information content (AvgIpc) is 2.74. The fourth-order valence-corrected chi connectivity index (χ4v) is 6.44. The van der Waals surface area contributed by atoms with Crippen LogP contribution in [0.4, 0.5) is 4.39 Å². The van der Waals surface area contributed by atoms with Crippen molar-refractivity contribution >= 4 is 0 Å². The summed E-state index contributed by atoms with van der Waals surface area (Å²) in [5.41, 5.74) is 3.38. The number of rotatable bonds is 6. The normalized spacial score (nSPS) is 32.2. The highest BCUT2D eigenvalue weighted by Gasteiger charge is 2.37. The number of benzene rings is 1. The number of halogens is 1. The van der Waals surface area contributed by atoms with Crippen molar-refractivity contribution in [2.24, 2.45) is 17.8 Å². The lowest BCUT2D eigenvalue weighted by molar-refractivity contribution is -0.00335. The maximum absolute atomic E-state index is 15.5. The number of fused-ring (bicyclic) bond motifs is 2. The van der Waals surface area contributed by atoms with Crippen LogP contribution in [0.1, 0.15) is 94.2 Å². The number of allylic oxidation sites excluding steroid dienone is 1. The largest absolute Gasteiger partial charge is 0.374 e. The van der Waals surface area contributed by atoms with Crippen molar-refractivity contribution in [3.63, 3.8) is 0 Å². The highest BCUT2D eigenvalue weighted by Crippen LogP contribution is 2.47. The van der Waals surface area contributed by atoms with Gasteiger partial charge < -0.3 is 4.74 Å². The van der Waals surface area contributed by atoms with Crippen molar-refractivity contribution < 1.29 is 9.13 Å². The van der Waals surface area contributed by atoms with Crippen molar-refractivity contribution in [2.45, 2.75) is 96.5 Å². The summed E-state index contributed by atoms with van der Waals surface area (Å²) in [4.78, 5) is 0. The van der Waals surface area contributed by atoms with Crippen molar-refractivity contribution in [1.82, 2.24) is 0 Å². The van der Waals surface area contributed by atoms with Crippen molar-refractivity contribution in [2.75, 3.05) is 6.61 Å².